The quantitative estimate of drug-likeness (QED) is 0.0213. The number of hydrogen-bond acceptors (Lipinski definition) is 18. The zero-order valence-corrected chi connectivity index (χ0v) is 50.5. The van der Waals surface area contributed by atoms with E-state index in [-0.39, 0.29) is 18.9 Å². The van der Waals surface area contributed by atoms with Crippen molar-refractivity contribution in [1.82, 2.24) is 5.32 Å². The van der Waals surface area contributed by atoms with Crippen molar-refractivity contribution in [1.29, 1.82) is 0 Å². The fourth-order valence-corrected chi connectivity index (χ4v) is 11.1. The number of nitrogens with one attached hydrogen (secondary N) is 1. The number of ether oxygens (including phenoxy) is 6. The van der Waals surface area contributed by atoms with Gasteiger partial charge in [-0.05, 0) is 44.9 Å². The maximum Gasteiger partial charge on any atom is 0.220 e. The summed E-state index contributed by atoms with van der Waals surface area (Å²) in [6.07, 6.45) is 23.0. The highest BCUT2D eigenvalue weighted by Gasteiger charge is 2.53. The number of aliphatic hydroxyl groups is 11. The number of hydrogen-bond donors (Lipinski definition) is 12. The molecule has 3 saturated heterocycles. The van der Waals surface area contributed by atoms with Gasteiger partial charge in [-0.3, -0.25) is 4.79 Å². The Bertz CT molecular complexity index is 1590. The van der Waals surface area contributed by atoms with Crippen molar-refractivity contribution >= 4 is 5.91 Å². The van der Waals surface area contributed by atoms with Gasteiger partial charge in [-0.1, -0.05) is 212 Å². The fourth-order valence-electron chi connectivity index (χ4n) is 11.1. The number of rotatable bonds is 49. The van der Waals surface area contributed by atoms with E-state index < -0.39 is 124 Å². The molecular weight excluding hydrogens is 1060 g/mol. The average molecular weight is 1180 g/mol. The molecule has 1 amide bonds. The predicted molar refractivity (Wildman–Crippen MR) is 314 cm³/mol. The summed E-state index contributed by atoms with van der Waals surface area (Å²) < 4.78 is 34.3. The molecule has 0 aliphatic carbocycles. The third-order valence-electron chi connectivity index (χ3n) is 16.5. The molecule has 0 saturated carbocycles. The predicted octanol–water partition coefficient (Wildman–Crippen LogP) is 7.10. The van der Waals surface area contributed by atoms with Crippen LogP contribution in [0.1, 0.15) is 239 Å². The molecular formula is C63H117NO18. The molecule has 0 aromatic heterocycles. The van der Waals surface area contributed by atoms with Gasteiger partial charge in [0.2, 0.25) is 5.91 Å². The Morgan fingerprint density at radius 3 is 1.18 bits per heavy atom. The molecule has 12 N–H and O–H groups in total. The van der Waals surface area contributed by atoms with Crippen LogP contribution in [0.2, 0.25) is 0 Å². The van der Waals surface area contributed by atoms with Crippen molar-refractivity contribution in [3.8, 4) is 0 Å². The first kappa shape index (κ1) is 74.5. The number of carbonyl (C=O) groups excluding carboxylic acids is 1. The van der Waals surface area contributed by atoms with Crippen LogP contribution in [0, 0.1) is 0 Å². The molecule has 0 aromatic carbocycles. The molecule has 0 bridgehead atoms. The lowest BCUT2D eigenvalue weighted by Crippen LogP contribution is -2.66. The number of carbonyl (C=O) groups is 1. The average Bonchev–Trinajstić information content (AvgIpc) is 3.14. The highest BCUT2D eigenvalue weighted by molar-refractivity contribution is 5.76. The zero-order chi connectivity index (χ0) is 59.7. The Hall–Kier alpha value is -1.73. The smallest absolute Gasteiger partial charge is 0.220 e. The van der Waals surface area contributed by atoms with Crippen LogP contribution in [0.25, 0.3) is 0 Å². The van der Waals surface area contributed by atoms with E-state index in [9.17, 15) is 61.0 Å². The van der Waals surface area contributed by atoms with Crippen LogP contribution < -0.4 is 5.32 Å². The Morgan fingerprint density at radius 1 is 0.427 bits per heavy atom. The van der Waals surface area contributed by atoms with Crippen LogP contribution in [0.4, 0.5) is 0 Å². The molecule has 482 valence electrons. The minimum atomic E-state index is -1.98. The summed E-state index contributed by atoms with van der Waals surface area (Å²) in [5.74, 6) is -0.275. The van der Waals surface area contributed by atoms with E-state index in [1.165, 1.54) is 167 Å². The van der Waals surface area contributed by atoms with Crippen LogP contribution in [-0.2, 0) is 33.2 Å². The van der Waals surface area contributed by atoms with E-state index in [1.807, 2.05) is 6.08 Å². The van der Waals surface area contributed by atoms with Gasteiger partial charge < -0.3 is 89.9 Å². The lowest BCUT2D eigenvalue weighted by molar-refractivity contribution is -0.379. The normalized spacial score (nSPS) is 29.7. The van der Waals surface area contributed by atoms with Crippen LogP contribution in [0.5, 0.6) is 0 Å². The van der Waals surface area contributed by atoms with E-state index in [1.54, 1.807) is 6.08 Å². The van der Waals surface area contributed by atoms with E-state index in [0.29, 0.717) is 6.42 Å². The van der Waals surface area contributed by atoms with Crippen LogP contribution in [-0.4, -0.2) is 193 Å². The molecule has 3 aliphatic rings. The molecule has 3 rings (SSSR count). The Kier molecular flexibility index (Phi) is 42.2. The van der Waals surface area contributed by atoms with Crippen molar-refractivity contribution in [3.05, 3.63) is 24.3 Å². The van der Waals surface area contributed by atoms with Crippen molar-refractivity contribution in [2.24, 2.45) is 0 Å². The molecule has 17 atom stereocenters. The molecule has 0 spiro atoms. The van der Waals surface area contributed by atoms with Gasteiger partial charge in [-0.15, -0.1) is 0 Å². The minimum absolute atomic E-state index is 0.245. The maximum atomic E-state index is 13.4. The second-order valence-corrected chi connectivity index (χ2v) is 23.6. The van der Waals surface area contributed by atoms with Crippen LogP contribution in [0.3, 0.4) is 0 Å². The molecule has 82 heavy (non-hydrogen) atoms. The second-order valence-electron chi connectivity index (χ2n) is 23.6. The lowest BCUT2D eigenvalue weighted by atomic mass is 9.96. The highest BCUT2D eigenvalue weighted by atomic mass is 16.8. The van der Waals surface area contributed by atoms with E-state index >= 15 is 0 Å². The van der Waals surface area contributed by atoms with Crippen molar-refractivity contribution in [2.45, 2.75) is 343 Å². The fraction of sp³-hybridized carbons (Fsp3) is 0.921. The summed E-state index contributed by atoms with van der Waals surface area (Å²) in [5.41, 5.74) is 0. The van der Waals surface area contributed by atoms with Gasteiger partial charge in [0.15, 0.2) is 18.9 Å². The molecule has 19 heteroatoms. The lowest BCUT2D eigenvalue weighted by Gasteiger charge is -2.48. The highest BCUT2D eigenvalue weighted by Crippen LogP contribution is 2.33. The van der Waals surface area contributed by atoms with Crippen LogP contribution >= 0.6 is 0 Å². The monoisotopic (exact) mass is 1180 g/mol. The Balaban J connectivity index is 1.45. The van der Waals surface area contributed by atoms with Gasteiger partial charge in [-0.25, -0.2) is 0 Å². The number of aliphatic hydroxyl groups excluding tert-OH is 11. The van der Waals surface area contributed by atoms with Gasteiger partial charge in [-0.2, -0.15) is 0 Å². The number of amides is 1. The molecule has 0 aromatic rings. The standard InChI is InChI=1S/C63H117NO18/c1-3-5-7-9-11-13-15-17-19-20-21-22-23-24-25-26-27-29-31-33-35-37-39-41-51(69)64-46(47(68)40-38-36-34-32-30-28-18-16-14-12-10-8-6-4-2)45-77-61-57(75)54(72)59(49(43-66)79-61)82-63-58(76)55(73)60(50(44-67)80-63)81-62-56(74)53(71)52(70)48(42-65)78-62/h20-21,38,40,46-50,52-63,65-68,70-76H,3-19,22-37,39,41-45H2,1-2H3,(H,64,69)/b21-20-,40-38+. The maximum absolute atomic E-state index is 13.4. The van der Waals surface area contributed by atoms with Crippen LogP contribution in [0.15, 0.2) is 24.3 Å². The topological polar surface area (TPSA) is 307 Å². The largest absolute Gasteiger partial charge is 0.394 e. The summed E-state index contributed by atoms with van der Waals surface area (Å²) in [6, 6.07) is -0.970. The van der Waals surface area contributed by atoms with Crippen molar-refractivity contribution in [3.63, 3.8) is 0 Å². The Labute approximate surface area is 492 Å². The molecule has 17 unspecified atom stereocenters. The van der Waals surface area contributed by atoms with Crippen molar-refractivity contribution in [2.75, 3.05) is 26.4 Å². The first-order chi connectivity index (χ1) is 39.8. The summed E-state index contributed by atoms with van der Waals surface area (Å²) >= 11 is 0. The van der Waals surface area contributed by atoms with Gasteiger partial charge in [0.1, 0.15) is 73.2 Å². The zero-order valence-electron chi connectivity index (χ0n) is 50.5. The van der Waals surface area contributed by atoms with Gasteiger partial charge in [0, 0.05) is 6.42 Å². The first-order valence-electron chi connectivity index (χ1n) is 32.6. The molecule has 3 aliphatic heterocycles. The SMILES string of the molecule is CCCCCCCCCC/C=C\CCCCCCCCCCCCCC(=O)NC(COC1OC(CO)C(OC2OC(CO)C(OC3OC(CO)C(O)C(O)C3O)C(O)C2O)C(O)C1O)C(O)/C=C/CCCCCCCCCCCCCC. The molecule has 0 radical (unpaired) electrons. The summed E-state index contributed by atoms with van der Waals surface area (Å²) in [4.78, 5) is 13.4. The second kappa shape index (κ2) is 46.4. The number of allylic oxidation sites excluding steroid dienone is 3. The number of unbranched alkanes of at least 4 members (excludes halogenated alkanes) is 31. The summed E-state index contributed by atoms with van der Waals surface area (Å²) in [7, 11) is 0. The van der Waals surface area contributed by atoms with Gasteiger partial charge >= 0.3 is 0 Å². The van der Waals surface area contributed by atoms with Gasteiger partial charge in [0.05, 0.1) is 38.6 Å². The third-order valence-corrected chi connectivity index (χ3v) is 16.5. The minimum Gasteiger partial charge on any atom is -0.394 e. The first-order valence-corrected chi connectivity index (χ1v) is 32.6. The Morgan fingerprint density at radius 2 is 0.768 bits per heavy atom. The molecule has 19 nitrogen and oxygen atoms in total. The van der Waals surface area contributed by atoms with E-state index in [2.05, 4.69) is 31.3 Å². The van der Waals surface area contributed by atoms with Crippen molar-refractivity contribution < 1.29 is 89.4 Å². The third kappa shape index (κ3) is 29.3. The summed E-state index contributed by atoms with van der Waals surface area (Å²) in [6.45, 7) is 1.73. The summed E-state index contributed by atoms with van der Waals surface area (Å²) in [5, 5.41) is 120. The molecule has 3 fully saturated rings. The molecule has 3 heterocycles. The van der Waals surface area contributed by atoms with E-state index in [0.717, 1.165) is 44.9 Å². The van der Waals surface area contributed by atoms with E-state index in [4.69, 9.17) is 28.4 Å². The van der Waals surface area contributed by atoms with Gasteiger partial charge in [0.25, 0.3) is 0 Å².